The summed E-state index contributed by atoms with van der Waals surface area (Å²) in [6.07, 6.45) is 0. The van der Waals surface area contributed by atoms with Gasteiger partial charge < -0.3 is 14.8 Å². The summed E-state index contributed by atoms with van der Waals surface area (Å²) in [6.45, 7) is 5.28. The van der Waals surface area contributed by atoms with Crippen LogP contribution in [0.2, 0.25) is 0 Å². The van der Waals surface area contributed by atoms with Gasteiger partial charge in [0.25, 0.3) is 5.91 Å². The summed E-state index contributed by atoms with van der Waals surface area (Å²) < 4.78 is 10.8. The van der Waals surface area contributed by atoms with Crippen LogP contribution in [-0.2, 0) is 16.1 Å². The number of esters is 1. The van der Waals surface area contributed by atoms with E-state index in [1.165, 1.54) is 11.3 Å². The van der Waals surface area contributed by atoms with Gasteiger partial charge >= 0.3 is 5.97 Å². The van der Waals surface area contributed by atoms with Gasteiger partial charge in [0.05, 0.1) is 6.07 Å². The summed E-state index contributed by atoms with van der Waals surface area (Å²) in [5.74, 6) is -0.358. The molecule has 1 amide bonds. The van der Waals surface area contributed by atoms with E-state index in [1.807, 2.05) is 38.1 Å². The third-order valence-corrected chi connectivity index (χ3v) is 5.84. The van der Waals surface area contributed by atoms with E-state index in [9.17, 15) is 14.9 Å². The van der Waals surface area contributed by atoms with Crippen LogP contribution < -0.4 is 10.1 Å². The molecular formula is C20H20N2O4S. The molecule has 2 heterocycles. The lowest BCUT2D eigenvalue weighted by molar-refractivity contribution is -0.125. The quantitative estimate of drug-likeness (QED) is 0.797. The average Bonchev–Trinajstić information content (AvgIpc) is 3.10. The second-order valence-electron chi connectivity index (χ2n) is 6.84. The van der Waals surface area contributed by atoms with Crippen molar-refractivity contribution in [3.63, 3.8) is 0 Å². The molecule has 6 nitrogen and oxygen atoms in total. The van der Waals surface area contributed by atoms with Crippen molar-refractivity contribution in [2.75, 3.05) is 6.61 Å². The van der Waals surface area contributed by atoms with E-state index < -0.39 is 24.0 Å². The number of amides is 1. The topological polar surface area (TPSA) is 88.4 Å². The number of carbonyl (C=O) groups excluding carboxylic acids is 2. The minimum atomic E-state index is -1.01. The van der Waals surface area contributed by atoms with Gasteiger partial charge in [0, 0.05) is 16.0 Å². The number of ether oxygens (including phenoxy) is 2. The van der Waals surface area contributed by atoms with E-state index in [4.69, 9.17) is 9.47 Å². The molecule has 1 aromatic heterocycles. The molecule has 0 aliphatic carbocycles. The Kier molecular flexibility index (Phi) is 5.19. The van der Waals surface area contributed by atoms with Gasteiger partial charge in [0.15, 0.2) is 6.61 Å². The van der Waals surface area contributed by atoms with E-state index in [2.05, 4.69) is 11.4 Å². The van der Waals surface area contributed by atoms with Crippen LogP contribution in [0, 0.1) is 17.2 Å². The molecule has 1 atom stereocenters. The minimum Gasteiger partial charge on any atom is -0.488 e. The van der Waals surface area contributed by atoms with E-state index in [-0.39, 0.29) is 5.92 Å². The van der Waals surface area contributed by atoms with Crippen molar-refractivity contribution in [1.82, 2.24) is 5.32 Å². The van der Waals surface area contributed by atoms with Gasteiger partial charge in [-0.2, -0.15) is 5.26 Å². The van der Waals surface area contributed by atoms with Gasteiger partial charge in [-0.15, -0.1) is 11.3 Å². The number of nitrogens with one attached hydrogen (secondary N) is 1. The molecule has 0 saturated carbocycles. The van der Waals surface area contributed by atoms with Crippen molar-refractivity contribution in [3.05, 3.63) is 40.8 Å². The van der Waals surface area contributed by atoms with E-state index >= 15 is 0 Å². The zero-order valence-corrected chi connectivity index (χ0v) is 16.2. The Balaban J connectivity index is 1.66. The molecule has 27 heavy (non-hydrogen) atoms. The number of hydrogen-bond acceptors (Lipinski definition) is 6. The standard InChI is InChI=1S/C20H20N2O4S/c1-12(2)20(3,11-21)22-17(23)10-26-19(24)16-8-13-9-25-15-7-5-4-6-14(15)18(13)27-16/h4-8,12H,9-10H2,1-3H3,(H,22,23)/t20-/m1/s1. The zero-order valence-electron chi connectivity index (χ0n) is 15.4. The van der Waals surface area contributed by atoms with Crippen molar-refractivity contribution >= 4 is 23.2 Å². The number of hydrogen-bond donors (Lipinski definition) is 1. The molecule has 1 aromatic carbocycles. The Bertz CT molecular complexity index is 928. The van der Waals surface area contributed by atoms with Gasteiger partial charge in [-0.05, 0) is 31.0 Å². The van der Waals surface area contributed by atoms with Crippen LogP contribution in [0.15, 0.2) is 30.3 Å². The third-order valence-electron chi connectivity index (χ3n) is 4.65. The highest BCUT2D eigenvalue weighted by Gasteiger charge is 2.30. The summed E-state index contributed by atoms with van der Waals surface area (Å²) in [6, 6.07) is 11.5. The molecule has 1 aliphatic heterocycles. The van der Waals surface area contributed by atoms with Crippen LogP contribution in [0.5, 0.6) is 5.75 Å². The van der Waals surface area contributed by atoms with Crippen LogP contribution in [0.3, 0.4) is 0 Å². The molecule has 0 radical (unpaired) electrons. The first-order valence-electron chi connectivity index (χ1n) is 8.58. The average molecular weight is 384 g/mol. The molecule has 7 heteroatoms. The number of carbonyl (C=O) groups is 2. The van der Waals surface area contributed by atoms with Crippen LogP contribution in [0.25, 0.3) is 10.4 Å². The fourth-order valence-electron chi connectivity index (χ4n) is 2.63. The van der Waals surface area contributed by atoms with Crippen molar-refractivity contribution in [3.8, 4) is 22.3 Å². The second-order valence-corrected chi connectivity index (χ2v) is 7.90. The third kappa shape index (κ3) is 3.81. The molecule has 3 rings (SSSR count). The Labute approximate surface area is 161 Å². The first-order valence-corrected chi connectivity index (χ1v) is 9.40. The van der Waals surface area contributed by atoms with E-state index in [0.717, 1.165) is 21.8 Å². The summed E-state index contributed by atoms with van der Waals surface area (Å²) in [7, 11) is 0. The lowest BCUT2D eigenvalue weighted by Gasteiger charge is -2.27. The summed E-state index contributed by atoms with van der Waals surface area (Å²) in [5.41, 5.74) is 0.862. The molecule has 0 saturated heterocycles. The number of para-hydroxylation sites is 1. The van der Waals surface area contributed by atoms with E-state index in [0.29, 0.717) is 11.5 Å². The zero-order chi connectivity index (χ0) is 19.6. The first kappa shape index (κ1) is 18.9. The second kappa shape index (κ2) is 7.41. The molecule has 2 aromatic rings. The smallest absolute Gasteiger partial charge is 0.348 e. The van der Waals surface area contributed by atoms with E-state index in [1.54, 1.807) is 13.0 Å². The van der Waals surface area contributed by atoms with Gasteiger partial charge in [-0.3, -0.25) is 4.79 Å². The number of rotatable bonds is 5. The molecule has 0 fully saturated rings. The maximum absolute atomic E-state index is 12.4. The Morgan fingerprint density at radius 3 is 2.85 bits per heavy atom. The molecular weight excluding hydrogens is 364 g/mol. The van der Waals surface area contributed by atoms with Gasteiger partial charge in [-0.1, -0.05) is 26.0 Å². The predicted molar refractivity (Wildman–Crippen MR) is 101 cm³/mol. The maximum Gasteiger partial charge on any atom is 0.348 e. The predicted octanol–water partition coefficient (Wildman–Crippen LogP) is 3.52. The SMILES string of the molecule is CC(C)[C@@](C)(C#N)NC(=O)COC(=O)c1cc2c(s1)-c1ccccc1OC2. The number of nitrogens with zero attached hydrogens (tertiary/aromatic N) is 1. The summed E-state index contributed by atoms with van der Waals surface area (Å²) in [4.78, 5) is 25.8. The highest BCUT2D eigenvalue weighted by molar-refractivity contribution is 7.17. The molecule has 1 aliphatic rings. The number of fused-ring (bicyclic) bond motifs is 3. The van der Waals surface area contributed by atoms with Crippen molar-refractivity contribution in [2.45, 2.75) is 32.9 Å². The highest BCUT2D eigenvalue weighted by atomic mass is 32.1. The van der Waals surface area contributed by atoms with Crippen LogP contribution >= 0.6 is 11.3 Å². The van der Waals surface area contributed by atoms with Crippen molar-refractivity contribution < 1.29 is 19.1 Å². The molecule has 0 unspecified atom stereocenters. The van der Waals surface area contributed by atoms with Gasteiger partial charge in [-0.25, -0.2) is 4.79 Å². The summed E-state index contributed by atoms with van der Waals surface area (Å²) >= 11 is 1.32. The van der Waals surface area contributed by atoms with Crippen molar-refractivity contribution in [2.24, 2.45) is 5.92 Å². The lowest BCUT2D eigenvalue weighted by atomic mass is 9.90. The van der Waals surface area contributed by atoms with Gasteiger partial charge in [0.2, 0.25) is 0 Å². The molecule has 140 valence electrons. The number of benzene rings is 1. The largest absolute Gasteiger partial charge is 0.488 e. The Hall–Kier alpha value is -2.85. The molecule has 1 N–H and O–H groups in total. The van der Waals surface area contributed by atoms with Crippen LogP contribution in [-0.4, -0.2) is 24.0 Å². The number of thiophene rings is 1. The lowest BCUT2D eigenvalue weighted by Crippen LogP contribution is -2.50. The maximum atomic E-state index is 12.4. The van der Waals surface area contributed by atoms with Crippen molar-refractivity contribution in [1.29, 1.82) is 5.26 Å². The Morgan fingerprint density at radius 1 is 1.41 bits per heavy atom. The first-order chi connectivity index (χ1) is 12.8. The summed E-state index contributed by atoms with van der Waals surface area (Å²) in [5, 5.41) is 11.9. The Morgan fingerprint density at radius 2 is 2.15 bits per heavy atom. The van der Waals surface area contributed by atoms with Crippen LogP contribution in [0.1, 0.15) is 36.0 Å². The van der Waals surface area contributed by atoms with Crippen LogP contribution in [0.4, 0.5) is 0 Å². The minimum absolute atomic E-state index is 0.0776. The fourth-order valence-corrected chi connectivity index (χ4v) is 3.72. The highest BCUT2D eigenvalue weighted by Crippen LogP contribution is 2.42. The molecule has 0 spiro atoms. The van der Waals surface area contributed by atoms with Gasteiger partial charge in [0.1, 0.15) is 22.8 Å². The number of nitriles is 1. The monoisotopic (exact) mass is 384 g/mol. The normalized spacial score (nSPS) is 14.2. The molecule has 0 bridgehead atoms. The fraction of sp³-hybridized carbons (Fsp3) is 0.350.